The smallest absolute Gasteiger partial charge is 0.241 e. The molecule has 0 heterocycles. The third kappa shape index (κ3) is 3.49. The highest BCUT2D eigenvalue weighted by Crippen LogP contribution is 2.14. The predicted molar refractivity (Wildman–Crippen MR) is 62.4 cm³/mol. The van der Waals surface area contributed by atoms with Crippen LogP contribution in [0.5, 0.6) is 0 Å². The number of nitrogens with one attached hydrogen (secondary N) is 1. The van der Waals surface area contributed by atoms with Gasteiger partial charge in [-0.25, -0.2) is 8.78 Å². The molecule has 0 saturated heterocycles. The number of nitrogens with two attached hydrogens (primary N) is 1. The van der Waals surface area contributed by atoms with Crippen molar-refractivity contribution in [3.8, 4) is 0 Å². The van der Waals surface area contributed by atoms with Crippen molar-refractivity contribution in [2.24, 2.45) is 11.7 Å². The van der Waals surface area contributed by atoms with Crippen LogP contribution >= 0.6 is 0 Å². The fourth-order valence-corrected chi connectivity index (χ4v) is 1.31. The van der Waals surface area contributed by atoms with Gasteiger partial charge in [0.2, 0.25) is 5.91 Å². The van der Waals surface area contributed by atoms with Crippen LogP contribution in [0.1, 0.15) is 20.3 Å². The molecule has 17 heavy (non-hydrogen) atoms. The summed E-state index contributed by atoms with van der Waals surface area (Å²) in [6.07, 6.45) is 0.770. The largest absolute Gasteiger partial charge is 0.325 e. The van der Waals surface area contributed by atoms with Crippen molar-refractivity contribution in [1.82, 2.24) is 0 Å². The zero-order valence-electron chi connectivity index (χ0n) is 9.84. The third-order valence-corrected chi connectivity index (χ3v) is 2.75. The summed E-state index contributed by atoms with van der Waals surface area (Å²) >= 11 is 0. The number of halogens is 2. The van der Waals surface area contributed by atoms with E-state index in [4.69, 9.17) is 5.73 Å². The van der Waals surface area contributed by atoms with E-state index in [0.29, 0.717) is 0 Å². The number of anilines is 1. The second-order valence-corrected chi connectivity index (χ2v) is 4.03. The molecule has 2 unspecified atom stereocenters. The summed E-state index contributed by atoms with van der Waals surface area (Å²) in [5, 5.41) is 2.45. The van der Waals surface area contributed by atoms with E-state index in [1.807, 2.05) is 13.8 Å². The molecule has 1 rings (SSSR count). The van der Waals surface area contributed by atoms with E-state index in [0.717, 1.165) is 18.6 Å². The molecule has 1 aromatic rings. The molecule has 0 spiro atoms. The first kappa shape index (κ1) is 13.6. The van der Waals surface area contributed by atoms with Gasteiger partial charge in [0.15, 0.2) is 11.6 Å². The fourth-order valence-electron chi connectivity index (χ4n) is 1.31. The van der Waals surface area contributed by atoms with Gasteiger partial charge in [-0.05, 0) is 18.1 Å². The predicted octanol–water partition coefficient (Wildman–Crippen LogP) is 2.28. The number of hydrogen-bond acceptors (Lipinski definition) is 2. The summed E-state index contributed by atoms with van der Waals surface area (Å²) in [6, 6.07) is 2.52. The van der Waals surface area contributed by atoms with Gasteiger partial charge in [0.25, 0.3) is 0 Å². The van der Waals surface area contributed by atoms with Crippen LogP contribution in [-0.4, -0.2) is 11.9 Å². The Balaban J connectivity index is 2.71. The number of benzene rings is 1. The molecule has 1 aromatic carbocycles. The maximum atomic E-state index is 12.9. The maximum absolute atomic E-state index is 12.9. The average molecular weight is 242 g/mol. The second kappa shape index (κ2) is 5.72. The summed E-state index contributed by atoms with van der Waals surface area (Å²) in [7, 11) is 0. The molecule has 0 fully saturated rings. The number of carbonyl (C=O) groups is 1. The highest BCUT2D eigenvalue weighted by molar-refractivity contribution is 5.94. The fraction of sp³-hybridized carbons (Fsp3) is 0.417. The Morgan fingerprint density at radius 2 is 2.06 bits per heavy atom. The topological polar surface area (TPSA) is 55.1 Å². The highest BCUT2D eigenvalue weighted by Gasteiger charge is 2.19. The molecule has 0 aliphatic carbocycles. The Labute approximate surface area is 99.0 Å². The average Bonchev–Trinajstić information content (AvgIpc) is 2.31. The van der Waals surface area contributed by atoms with E-state index < -0.39 is 23.6 Å². The molecule has 94 valence electrons. The molecule has 3 nitrogen and oxygen atoms in total. The van der Waals surface area contributed by atoms with Gasteiger partial charge < -0.3 is 11.1 Å². The quantitative estimate of drug-likeness (QED) is 0.851. The first-order valence-electron chi connectivity index (χ1n) is 5.47. The van der Waals surface area contributed by atoms with Gasteiger partial charge in [-0.2, -0.15) is 0 Å². The van der Waals surface area contributed by atoms with Crippen LogP contribution in [-0.2, 0) is 4.79 Å². The summed E-state index contributed by atoms with van der Waals surface area (Å²) in [5.41, 5.74) is 5.91. The van der Waals surface area contributed by atoms with Crippen LogP contribution in [0.2, 0.25) is 0 Å². The molecule has 1 amide bonds. The Kier molecular flexibility index (Phi) is 4.57. The molecule has 0 bridgehead atoms. The zero-order valence-corrected chi connectivity index (χ0v) is 9.84. The SMILES string of the molecule is CCC(C)C(N)C(=O)Nc1ccc(F)c(F)c1. The minimum absolute atomic E-state index is 0.0281. The lowest BCUT2D eigenvalue weighted by Gasteiger charge is -2.17. The highest BCUT2D eigenvalue weighted by atomic mass is 19.2. The van der Waals surface area contributed by atoms with Gasteiger partial charge in [0.05, 0.1) is 6.04 Å². The lowest BCUT2D eigenvalue weighted by atomic mass is 9.99. The van der Waals surface area contributed by atoms with Crippen molar-refractivity contribution in [2.45, 2.75) is 26.3 Å². The van der Waals surface area contributed by atoms with Crippen LogP contribution < -0.4 is 11.1 Å². The Hall–Kier alpha value is -1.49. The normalized spacial score (nSPS) is 14.2. The van der Waals surface area contributed by atoms with Crippen LogP contribution in [0.4, 0.5) is 14.5 Å². The van der Waals surface area contributed by atoms with E-state index >= 15 is 0 Å². The van der Waals surface area contributed by atoms with E-state index in [1.54, 1.807) is 0 Å². The standard InChI is InChI=1S/C12H16F2N2O/c1-3-7(2)11(15)12(17)16-8-4-5-9(13)10(14)6-8/h4-7,11H,3,15H2,1-2H3,(H,16,17). The Morgan fingerprint density at radius 3 is 2.59 bits per heavy atom. The van der Waals surface area contributed by atoms with E-state index in [2.05, 4.69) is 5.32 Å². The van der Waals surface area contributed by atoms with E-state index in [1.165, 1.54) is 6.07 Å². The molecule has 0 radical (unpaired) electrons. The van der Waals surface area contributed by atoms with Crippen molar-refractivity contribution in [3.63, 3.8) is 0 Å². The van der Waals surface area contributed by atoms with E-state index in [9.17, 15) is 13.6 Å². The molecule has 0 saturated carbocycles. The molecular formula is C12H16F2N2O. The zero-order chi connectivity index (χ0) is 13.0. The minimum Gasteiger partial charge on any atom is -0.325 e. The first-order valence-corrected chi connectivity index (χ1v) is 5.47. The van der Waals surface area contributed by atoms with Crippen molar-refractivity contribution in [3.05, 3.63) is 29.8 Å². The molecule has 0 aliphatic rings. The first-order chi connectivity index (χ1) is 7.95. The van der Waals surface area contributed by atoms with Crippen LogP contribution in [0.3, 0.4) is 0 Å². The molecule has 5 heteroatoms. The molecule has 0 aromatic heterocycles. The number of carbonyl (C=O) groups excluding carboxylic acids is 1. The molecule has 0 aliphatic heterocycles. The number of hydrogen-bond donors (Lipinski definition) is 2. The Morgan fingerprint density at radius 1 is 1.41 bits per heavy atom. The number of rotatable bonds is 4. The number of amides is 1. The molecular weight excluding hydrogens is 226 g/mol. The molecule has 3 N–H and O–H groups in total. The summed E-state index contributed by atoms with van der Waals surface area (Å²) in [5.74, 6) is -2.32. The van der Waals surface area contributed by atoms with Crippen molar-refractivity contribution < 1.29 is 13.6 Å². The van der Waals surface area contributed by atoms with Crippen LogP contribution in [0.15, 0.2) is 18.2 Å². The van der Waals surface area contributed by atoms with Crippen molar-refractivity contribution in [1.29, 1.82) is 0 Å². The third-order valence-electron chi connectivity index (χ3n) is 2.75. The monoisotopic (exact) mass is 242 g/mol. The van der Waals surface area contributed by atoms with Crippen LogP contribution in [0, 0.1) is 17.6 Å². The van der Waals surface area contributed by atoms with Crippen LogP contribution in [0.25, 0.3) is 0 Å². The summed E-state index contributed by atoms with van der Waals surface area (Å²) < 4.78 is 25.6. The van der Waals surface area contributed by atoms with Crippen molar-refractivity contribution in [2.75, 3.05) is 5.32 Å². The lowest BCUT2D eigenvalue weighted by molar-refractivity contribution is -0.118. The maximum Gasteiger partial charge on any atom is 0.241 e. The summed E-state index contributed by atoms with van der Waals surface area (Å²) in [6.45, 7) is 3.78. The van der Waals surface area contributed by atoms with Gasteiger partial charge in [0.1, 0.15) is 0 Å². The van der Waals surface area contributed by atoms with Gasteiger partial charge >= 0.3 is 0 Å². The van der Waals surface area contributed by atoms with Gasteiger partial charge in [-0.1, -0.05) is 20.3 Å². The summed E-state index contributed by atoms with van der Waals surface area (Å²) in [4.78, 5) is 11.7. The lowest BCUT2D eigenvalue weighted by Crippen LogP contribution is -2.40. The van der Waals surface area contributed by atoms with Gasteiger partial charge in [-0.15, -0.1) is 0 Å². The van der Waals surface area contributed by atoms with Gasteiger partial charge in [0, 0.05) is 11.8 Å². The van der Waals surface area contributed by atoms with Gasteiger partial charge in [-0.3, -0.25) is 4.79 Å². The van der Waals surface area contributed by atoms with E-state index in [-0.39, 0.29) is 11.6 Å². The second-order valence-electron chi connectivity index (χ2n) is 4.03. The van der Waals surface area contributed by atoms with Crippen molar-refractivity contribution >= 4 is 11.6 Å². The Bertz CT molecular complexity index is 409. The molecule has 2 atom stereocenters. The minimum atomic E-state index is -1.00.